The molecule has 0 spiro atoms. The quantitative estimate of drug-likeness (QED) is 0.202. The van der Waals surface area contributed by atoms with Crippen molar-refractivity contribution in [3.63, 3.8) is 0 Å². The van der Waals surface area contributed by atoms with Crippen LogP contribution in [0.1, 0.15) is 40.9 Å². The van der Waals surface area contributed by atoms with Gasteiger partial charge in [-0.2, -0.15) is 0 Å². The number of carbonyl (C=O) groups excluding carboxylic acids is 2. The van der Waals surface area contributed by atoms with Gasteiger partial charge in [0, 0.05) is 18.1 Å². The number of ether oxygens (including phenoxy) is 4. The van der Waals surface area contributed by atoms with E-state index in [0.717, 1.165) is 38.8 Å². The van der Waals surface area contributed by atoms with Gasteiger partial charge in [-0.3, -0.25) is 4.79 Å². The second-order valence-corrected chi connectivity index (χ2v) is 9.27. The molecule has 6 heteroatoms. The third-order valence-corrected chi connectivity index (χ3v) is 6.82. The van der Waals surface area contributed by atoms with Gasteiger partial charge in [-0.25, -0.2) is 4.79 Å². The Kier molecular flexibility index (Phi) is 6.94. The highest BCUT2D eigenvalue weighted by atomic mass is 16.5. The normalized spacial score (nSPS) is 16.3. The van der Waals surface area contributed by atoms with Crippen LogP contribution in [-0.2, 0) is 15.1 Å². The number of rotatable bonds is 6. The topological polar surface area (TPSA) is 71.1 Å². The maximum atomic E-state index is 12.6. The first kappa shape index (κ1) is 25.8. The zero-order valence-corrected chi connectivity index (χ0v) is 22.2. The molecule has 5 rings (SSSR count). The van der Waals surface area contributed by atoms with E-state index in [1.54, 1.807) is 19.2 Å². The van der Waals surface area contributed by atoms with Crippen molar-refractivity contribution in [2.45, 2.75) is 19.4 Å². The van der Waals surface area contributed by atoms with Gasteiger partial charge >= 0.3 is 11.9 Å². The molecule has 4 aromatic carbocycles. The molecule has 0 fully saturated rings. The van der Waals surface area contributed by atoms with Crippen molar-refractivity contribution in [1.29, 1.82) is 0 Å². The highest BCUT2D eigenvalue weighted by Crippen LogP contribution is 2.45. The number of hydrogen-bond acceptors (Lipinski definition) is 6. The lowest BCUT2D eigenvalue weighted by Crippen LogP contribution is -2.34. The van der Waals surface area contributed by atoms with Crippen LogP contribution in [0.15, 0.2) is 90.5 Å². The molecule has 0 radical (unpaired) electrons. The molecule has 0 bridgehead atoms. The number of fused-ring (bicyclic) bond motifs is 3. The predicted octanol–water partition coefficient (Wildman–Crippen LogP) is 6.96. The minimum atomic E-state index is -0.883. The highest BCUT2D eigenvalue weighted by Gasteiger charge is 2.37. The Morgan fingerprint density at radius 3 is 2.31 bits per heavy atom. The first-order valence-electron chi connectivity index (χ1n) is 12.5. The molecule has 0 aromatic heterocycles. The summed E-state index contributed by atoms with van der Waals surface area (Å²) in [5.41, 5.74) is 3.07. The largest absolute Gasteiger partial charge is 0.497 e. The Balaban J connectivity index is 1.68. The van der Waals surface area contributed by atoms with Crippen LogP contribution in [0.4, 0.5) is 0 Å². The molecule has 0 saturated carbocycles. The summed E-state index contributed by atoms with van der Waals surface area (Å²) in [7, 11) is 2.93. The summed E-state index contributed by atoms with van der Waals surface area (Å²) < 4.78 is 22.5. The van der Waals surface area contributed by atoms with Crippen LogP contribution in [0.2, 0.25) is 0 Å². The van der Waals surface area contributed by atoms with Gasteiger partial charge < -0.3 is 18.9 Å². The Hall–Kier alpha value is -4.84. The Morgan fingerprint density at radius 2 is 1.64 bits per heavy atom. The standard InChI is InChI=1S/C33H28O6/c1-21(18-23-8-6-5-7-9-23)33(25-11-13-26(36-3)14-12-25)17-16-27-28-20-29(32(35)37-4)31(38-22(2)34)19-24(28)10-15-30(27)39-33/h5-20H,1-4H3. The van der Waals surface area contributed by atoms with Crippen LogP contribution in [0.25, 0.3) is 22.9 Å². The van der Waals surface area contributed by atoms with Crippen LogP contribution in [0.5, 0.6) is 17.2 Å². The van der Waals surface area contributed by atoms with Crippen LogP contribution >= 0.6 is 0 Å². The fraction of sp³-hybridized carbons (Fsp3) is 0.152. The molecular weight excluding hydrogens is 492 g/mol. The van der Waals surface area contributed by atoms with E-state index in [4.69, 9.17) is 18.9 Å². The van der Waals surface area contributed by atoms with E-state index in [1.165, 1.54) is 14.0 Å². The molecule has 1 unspecified atom stereocenters. The lowest BCUT2D eigenvalue weighted by atomic mass is 9.82. The molecule has 196 valence electrons. The molecular formula is C33H28O6. The summed E-state index contributed by atoms with van der Waals surface area (Å²) in [5.74, 6) is 0.435. The summed E-state index contributed by atoms with van der Waals surface area (Å²) in [5, 5.41) is 1.56. The van der Waals surface area contributed by atoms with Crippen molar-refractivity contribution in [3.8, 4) is 17.2 Å². The van der Waals surface area contributed by atoms with E-state index in [2.05, 4.69) is 6.08 Å². The number of methoxy groups -OCH3 is 2. The Bertz CT molecular complexity index is 1620. The minimum Gasteiger partial charge on any atom is -0.497 e. The van der Waals surface area contributed by atoms with Crippen molar-refractivity contribution in [2.24, 2.45) is 0 Å². The number of hydrogen-bond donors (Lipinski definition) is 0. The monoisotopic (exact) mass is 520 g/mol. The van der Waals surface area contributed by atoms with Gasteiger partial charge in [-0.05, 0) is 71.3 Å². The molecule has 0 N–H and O–H groups in total. The molecule has 1 atom stereocenters. The zero-order chi connectivity index (χ0) is 27.6. The SMILES string of the molecule is COC(=O)c1cc2c3c(ccc2cc1OC(C)=O)OC(C(C)=Cc1ccccc1)(c1ccc(OC)cc1)C=C3. The second-order valence-electron chi connectivity index (χ2n) is 9.27. The number of carbonyl (C=O) groups is 2. The van der Waals surface area contributed by atoms with Crippen LogP contribution in [0.3, 0.4) is 0 Å². The van der Waals surface area contributed by atoms with Crippen LogP contribution in [0, 0.1) is 0 Å². The summed E-state index contributed by atoms with van der Waals surface area (Å²) in [4.78, 5) is 24.2. The molecule has 0 amide bonds. The first-order chi connectivity index (χ1) is 18.8. The molecule has 6 nitrogen and oxygen atoms in total. The predicted molar refractivity (Wildman–Crippen MR) is 151 cm³/mol. The van der Waals surface area contributed by atoms with Gasteiger partial charge in [0.15, 0.2) is 5.60 Å². The first-order valence-corrected chi connectivity index (χ1v) is 12.5. The maximum Gasteiger partial charge on any atom is 0.341 e. The third kappa shape index (κ3) is 4.89. The van der Waals surface area contributed by atoms with Gasteiger partial charge in [0.1, 0.15) is 22.8 Å². The summed E-state index contributed by atoms with van der Waals surface area (Å²) in [6.07, 6.45) is 6.16. The van der Waals surface area contributed by atoms with Crippen molar-refractivity contribution in [2.75, 3.05) is 14.2 Å². The Labute approximate surface area is 227 Å². The molecule has 39 heavy (non-hydrogen) atoms. The maximum absolute atomic E-state index is 12.6. The number of esters is 2. The minimum absolute atomic E-state index is 0.150. The Morgan fingerprint density at radius 1 is 0.897 bits per heavy atom. The highest BCUT2D eigenvalue weighted by molar-refractivity contribution is 6.03. The summed E-state index contributed by atoms with van der Waals surface area (Å²) >= 11 is 0. The van der Waals surface area contributed by atoms with Gasteiger partial charge in [-0.1, -0.05) is 54.6 Å². The van der Waals surface area contributed by atoms with E-state index >= 15 is 0 Å². The lowest BCUT2D eigenvalue weighted by molar-refractivity contribution is -0.131. The number of benzene rings is 4. The van der Waals surface area contributed by atoms with E-state index in [1.807, 2.05) is 85.8 Å². The molecule has 0 aliphatic carbocycles. The van der Waals surface area contributed by atoms with Crippen molar-refractivity contribution in [1.82, 2.24) is 0 Å². The third-order valence-electron chi connectivity index (χ3n) is 6.82. The van der Waals surface area contributed by atoms with Crippen molar-refractivity contribution < 1.29 is 28.5 Å². The van der Waals surface area contributed by atoms with Gasteiger partial charge in [0.2, 0.25) is 0 Å². The zero-order valence-electron chi connectivity index (χ0n) is 22.2. The fourth-order valence-corrected chi connectivity index (χ4v) is 4.87. The van der Waals surface area contributed by atoms with E-state index < -0.39 is 17.5 Å². The van der Waals surface area contributed by atoms with E-state index in [-0.39, 0.29) is 11.3 Å². The van der Waals surface area contributed by atoms with Crippen molar-refractivity contribution in [3.05, 3.63) is 113 Å². The average Bonchev–Trinajstić information content (AvgIpc) is 2.96. The smallest absolute Gasteiger partial charge is 0.341 e. The van der Waals surface area contributed by atoms with E-state index in [9.17, 15) is 9.59 Å². The molecule has 1 aliphatic heterocycles. The van der Waals surface area contributed by atoms with Gasteiger partial charge in [0.25, 0.3) is 0 Å². The van der Waals surface area contributed by atoms with E-state index in [0.29, 0.717) is 5.75 Å². The van der Waals surface area contributed by atoms with Crippen LogP contribution in [-0.4, -0.2) is 26.2 Å². The average molecular weight is 521 g/mol. The second kappa shape index (κ2) is 10.5. The molecule has 0 saturated heterocycles. The van der Waals surface area contributed by atoms with Crippen LogP contribution < -0.4 is 14.2 Å². The molecule has 4 aromatic rings. The summed E-state index contributed by atoms with van der Waals surface area (Å²) in [6.45, 7) is 3.34. The molecule has 1 heterocycles. The van der Waals surface area contributed by atoms with Gasteiger partial charge in [-0.15, -0.1) is 0 Å². The summed E-state index contributed by atoms with van der Waals surface area (Å²) in [6, 6.07) is 25.0. The van der Waals surface area contributed by atoms with Gasteiger partial charge in [0.05, 0.1) is 14.2 Å². The lowest BCUT2D eigenvalue weighted by Gasteiger charge is -2.37. The van der Waals surface area contributed by atoms with Crippen molar-refractivity contribution >= 4 is 34.9 Å². The molecule has 1 aliphatic rings. The fourth-order valence-electron chi connectivity index (χ4n) is 4.87.